The van der Waals surface area contributed by atoms with Crippen molar-refractivity contribution in [3.8, 4) is 5.75 Å². The third-order valence-electron chi connectivity index (χ3n) is 5.78. The van der Waals surface area contributed by atoms with Crippen LogP contribution < -0.4 is 15.0 Å². The number of amides is 2. The van der Waals surface area contributed by atoms with E-state index < -0.39 is 5.91 Å². The number of anilines is 2. The van der Waals surface area contributed by atoms with Crippen molar-refractivity contribution in [2.75, 3.05) is 17.3 Å². The normalized spacial score (nSPS) is 13.7. The SMILES string of the molecule is COc1ccc(C)cc1N1C(=O)C(Nc2ccc(C)c(C)c2)=C(c2ccc(C)cc2)C1=O. The Labute approximate surface area is 188 Å². The third-order valence-corrected chi connectivity index (χ3v) is 5.78. The van der Waals surface area contributed by atoms with E-state index in [1.807, 2.05) is 76.2 Å². The lowest BCUT2D eigenvalue weighted by Gasteiger charge is -2.19. The summed E-state index contributed by atoms with van der Waals surface area (Å²) in [5.74, 6) is -0.324. The van der Waals surface area contributed by atoms with Crippen molar-refractivity contribution in [2.24, 2.45) is 0 Å². The maximum absolute atomic E-state index is 13.7. The zero-order valence-electron chi connectivity index (χ0n) is 18.9. The van der Waals surface area contributed by atoms with E-state index in [0.29, 0.717) is 22.6 Å². The molecule has 0 aromatic heterocycles. The number of imide groups is 1. The topological polar surface area (TPSA) is 58.6 Å². The van der Waals surface area contributed by atoms with Gasteiger partial charge in [0.15, 0.2) is 0 Å². The van der Waals surface area contributed by atoms with Gasteiger partial charge in [-0.1, -0.05) is 42.0 Å². The highest BCUT2D eigenvalue weighted by atomic mass is 16.5. The first kappa shape index (κ1) is 21.4. The van der Waals surface area contributed by atoms with Gasteiger partial charge in [-0.3, -0.25) is 9.59 Å². The van der Waals surface area contributed by atoms with E-state index in [4.69, 9.17) is 4.74 Å². The molecule has 5 nitrogen and oxygen atoms in total. The lowest BCUT2D eigenvalue weighted by Crippen LogP contribution is -2.32. The van der Waals surface area contributed by atoms with Crippen LogP contribution in [0.3, 0.4) is 0 Å². The van der Waals surface area contributed by atoms with Gasteiger partial charge in [0, 0.05) is 5.69 Å². The summed E-state index contributed by atoms with van der Waals surface area (Å²) in [4.78, 5) is 28.5. The molecule has 32 heavy (non-hydrogen) atoms. The Hall–Kier alpha value is -3.86. The second-order valence-corrected chi connectivity index (χ2v) is 8.16. The van der Waals surface area contributed by atoms with E-state index in [-0.39, 0.29) is 11.6 Å². The van der Waals surface area contributed by atoms with E-state index in [2.05, 4.69) is 5.32 Å². The zero-order chi connectivity index (χ0) is 23.0. The fraction of sp³-hybridized carbons (Fsp3) is 0.185. The lowest BCUT2D eigenvalue weighted by molar-refractivity contribution is -0.120. The standard InChI is InChI=1S/C27H26N2O3/c1-16-6-10-20(11-7-16)24-25(28-21-12-9-18(3)19(4)15-21)27(31)29(26(24)30)22-14-17(2)8-13-23(22)32-5/h6-15,28H,1-5H3. The largest absolute Gasteiger partial charge is 0.495 e. The Morgan fingerprint density at radius 2 is 1.44 bits per heavy atom. The highest BCUT2D eigenvalue weighted by molar-refractivity contribution is 6.46. The molecule has 2 amide bonds. The Bertz CT molecular complexity index is 1260. The second kappa shape index (κ2) is 8.35. The van der Waals surface area contributed by atoms with Crippen molar-refractivity contribution in [1.82, 2.24) is 0 Å². The maximum Gasteiger partial charge on any atom is 0.282 e. The van der Waals surface area contributed by atoms with E-state index in [1.165, 1.54) is 12.0 Å². The molecule has 0 saturated carbocycles. The molecule has 0 bridgehead atoms. The number of nitrogens with one attached hydrogen (secondary N) is 1. The maximum atomic E-state index is 13.7. The number of aryl methyl sites for hydroxylation is 4. The van der Waals surface area contributed by atoms with Crippen LogP contribution in [0.25, 0.3) is 5.57 Å². The van der Waals surface area contributed by atoms with Crippen molar-refractivity contribution >= 4 is 28.8 Å². The minimum atomic E-state index is -0.410. The first-order valence-electron chi connectivity index (χ1n) is 10.5. The summed E-state index contributed by atoms with van der Waals surface area (Å²) in [6.45, 7) is 7.95. The van der Waals surface area contributed by atoms with Crippen LogP contribution in [0.1, 0.15) is 27.8 Å². The summed E-state index contributed by atoms with van der Waals surface area (Å²) in [6, 6.07) is 18.9. The molecule has 0 radical (unpaired) electrons. The Morgan fingerprint density at radius 1 is 0.750 bits per heavy atom. The summed E-state index contributed by atoms with van der Waals surface area (Å²) in [7, 11) is 1.53. The van der Waals surface area contributed by atoms with Crippen LogP contribution in [0, 0.1) is 27.7 Å². The number of carbonyl (C=O) groups excluding carboxylic acids is 2. The van der Waals surface area contributed by atoms with Crippen molar-refractivity contribution in [1.29, 1.82) is 0 Å². The van der Waals surface area contributed by atoms with Crippen LogP contribution in [0.5, 0.6) is 5.75 Å². The van der Waals surface area contributed by atoms with E-state index in [9.17, 15) is 9.59 Å². The molecule has 0 fully saturated rings. The Kier molecular flexibility index (Phi) is 5.57. The lowest BCUT2D eigenvalue weighted by atomic mass is 10.0. The molecular weight excluding hydrogens is 400 g/mol. The third kappa shape index (κ3) is 3.78. The van der Waals surface area contributed by atoms with Gasteiger partial charge in [-0.05, 0) is 74.2 Å². The molecule has 3 aromatic rings. The molecule has 162 valence electrons. The minimum absolute atomic E-state index is 0.255. The monoisotopic (exact) mass is 426 g/mol. The predicted octanol–water partition coefficient (Wildman–Crippen LogP) is 5.33. The predicted molar refractivity (Wildman–Crippen MR) is 128 cm³/mol. The fourth-order valence-electron chi connectivity index (χ4n) is 3.79. The average molecular weight is 427 g/mol. The van der Waals surface area contributed by atoms with Gasteiger partial charge >= 0.3 is 0 Å². The molecule has 3 aromatic carbocycles. The van der Waals surface area contributed by atoms with E-state index in [1.54, 1.807) is 12.1 Å². The molecule has 4 rings (SSSR count). The second-order valence-electron chi connectivity index (χ2n) is 8.16. The molecule has 1 N–H and O–H groups in total. The van der Waals surface area contributed by atoms with Crippen LogP contribution in [0.4, 0.5) is 11.4 Å². The quantitative estimate of drug-likeness (QED) is 0.561. The average Bonchev–Trinajstić information content (AvgIpc) is 3.00. The van der Waals surface area contributed by atoms with Gasteiger partial charge in [0.1, 0.15) is 11.4 Å². The first-order chi connectivity index (χ1) is 15.3. The van der Waals surface area contributed by atoms with Gasteiger partial charge < -0.3 is 10.1 Å². The van der Waals surface area contributed by atoms with Crippen LogP contribution in [-0.2, 0) is 9.59 Å². The van der Waals surface area contributed by atoms with Crippen molar-refractivity contribution in [3.63, 3.8) is 0 Å². The molecule has 1 aliphatic rings. The molecule has 0 unspecified atom stereocenters. The number of methoxy groups -OCH3 is 1. The number of nitrogens with zero attached hydrogens (tertiary/aromatic N) is 1. The van der Waals surface area contributed by atoms with Crippen molar-refractivity contribution < 1.29 is 14.3 Å². The summed E-state index contributed by atoms with van der Waals surface area (Å²) in [6.07, 6.45) is 0. The highest BCUT2D eigenvalue weighted by Crippen LogP contribution is 2.38. The molecule has 0 spiro atoms. The van der Waals surface area contributed by atoms with Crippen LogP contribution >= 0.6 is 0 Å². The number of rotatable bonds is 5. The first-order valence-corrected chi connectivity index (χ1v) is 10.5. The van der Waals surface area contributed by atoms with E-state index >= 15 is 0 Å². The molecule has 0 atom stereocenters. The summed E-state index contributed by atoms with van der Waals surface area (Å²) in [5, 5.41) is 3.23. The summed E-state index contributed by atoms with van der Waals surface area (Å²) >= 11 is 0. The molecule has 1 aliphatic heterocycles. The molecular formula is C27H26N2O3. The Balaban J connectivity index is 1.86. The van der Waals surface area contributed by atoms with Gasteiger partial charge in [0.25, 0.3) is 11.8 Å². The number of hydrogen-bond donors (Lipinski definition) is 1. The van der Waals surface area contributed by atoms with Crippen molar-refractivity contribution in [2.45, 2.75) is 27.7 Å². The van der Waals surface area contributed by atoms with Gasteiger partial charge in [-0.15, -0.1) is 0 Å². The number of benzene rings is 3. The van der Waals surface area contributed by atoms with Gasteiger partial charge in [-0.2, -0.15) is 0 Å². The number of carbonyl (C=O) groups is 2. The zero-order valence-corrected chi connectivity index (χ0v) is 18.9. The molecule has 5 heteroatoms. The fourth-order valence-corrected chi connectivity index (χ4v) is 3.79. The Morgan fingerprint density at radius 3 is 2.09 bits per heavy atom. The van der Waals surface area contributed by atoms with Gasteiger partial charge in [0.05, 0.1) is 18.4 Å². The number of ether oxygens (including phenoxy) is 1. The molecule has 1 heterocycles. The van der Waals surface area contributed by atoms with Gasteiger partial charge in [0.2, 0.25) is 0 Å². The number of hydrogen-bond acceptors (Lipinski definition) is 4. The summed E-state index contributed by atoms with van der Waals surface area (Å²) < 4.78 is 5.46. The highest BCUT2D eigenvalue weighted by Gasteiger charge is 2.41. The van der Waals surface area contributed by atoms with Crippen LogP contribution in [-0.4, -0.2) is 18.9 Å². The minimum Gasteiger partial charge on any atom is -0.495 e. The van der Waals surface area contributed by atoms with E-state index in [0.717, 1.165) is 27.9 Å². The van der Waals surface area contributed by atoms with Crippen LogP contribution in [0.15, 0.2) is 66.4 Å². The summed E-state index contributed by atoms with van der Waals surface area (Å²) in [5.41, 5.74) is 6.73. The van der Waals surface area contributed by atoms with Crippen LogP contribution in [0.2, 0.25) is 0 Å². The van der Waals surface area contributed by atoms with Crippen molar-refractivity contribution in [3.05, 3.63) is 94.2 Å². The smallest absolute Gasteiger partial charge is 0.282 e. The van der Waals surface area contributed by atoms with Gasteiger partial charge in [-0.25, -0.2) is 4.90 Å². The molecule has 0 saturated heterocycles. The molecule has 0 aliphatic carbocycles.